The lowest BCUT2D eigenvalue weighted by Gasteiger charge is -2.14. The van der Waals surface area contributed by atoms with Crippen molar-refractivity contribution in [2.75, 3.05) is 26.1 Å². The molecule has 0 amide bonds. The highest BCUT2D eigenvalue weighted by Crippen LogP contribution is 2.18. The third kappa shape index (κ3) is 2.93. The van der Waals surface area contributed by atoms with Crippen molar-refractivity contribution in [3.8, 4) is 5.75 Å². The highest BCUT2D eigenvalue weighted by molar-refractivity contribution is 6.32. The van der Waals surface area contributed by atoms with E-state index in [4.69, 9.17) is 16.3 Å². The van der Waals surface area contributed by atoms with Crippen molar-refractivity contribution in [3.05, 3.63) is 51.4 Å². The van der Waals surface area contributed by atoms with Gasteiger partial charge in [-0.25, -0.2) is 4.68 Å². The van der Waals surface area contributed by atoms with Crippen molar-refractivity contribution < 1.29 is 4.74 Å². The molecule has 1 aromatic carbocycles. The van der Waals surface area contributed by atoms with E-state index >= 15 is 0 Å². The Morgan fingerprint density at radius 1 is 1.30 bits per heavy atom. The molecule has 0 fully saturated rings. The van der Waals surface area contributed by atoms with E-state index in [1.165, 1.54) is 4.68 Å². The average Bonchev–Trinajstić information content (AvgIpc) is 2.44. The van der Waals surface area contributed by atoms with Gasteiger partial charge in [-0.1, -0.05) is 23.7 Å². The monoisotopic (exact) mass is 293 g/mol. The predicted molar refractivity (Wildman–Crippen MR) is 79.9 cm³/mol. The summed E-state index contributed by atoms with van der Waals surface area (Å²) >= 11 is 6.07. The Balaban J connectivity index is 2.29. The van der Waals surface area contributed by atoms with Crippen molar-refractivity contribution in [2.45, 2.75) is 6.54 Å². The van der Waals surface area contributed by atoms with Crippen molar-refractivity contribution in [1.29, 1.82) is 0 Å². The fourth-order valence-corrected chi connectivity index (χ4v) is 2.10. The quantitative estimate of drug-likeness (QED) is 0.865. The lowest BCUT2D eigenvalue weighted by atomic mass is 10.2. The topological polar surface area (TPSA) is 47.4 Å². The molecule has 0 aliphatic rings. The Bertz CT molecular complexity index is 650. The molecule has 2 rings (SSSR count). The maximum atomic E-state index is 12.1. The summed E-state index contributed by atoms with van der Waals surface area (Å²) in [6, 6.07) is 7.47. The van der Waals surface area contributed by atoms with Gasteiger partial charge in [-0.2, -0.15) is 5.10 Å². The zero-order valence-corrected chi connectivity index (χ0v) is 12.4. The molecule has 0 atom stereocenters. The second-order valence-electron chi connectivity index (χ2n) is 4.55. The summed E-state index contributed by atoms with van der Waals surface area (Å²) in [6.45, 7) is 0.371. The van der Waals surface area contributed by atoms with Gasteiger partial charge in [-0.05, 0) is 17.7 Å². The van der Waals surface area contributed by atoms with E-state index in [-0.39, 0.29) is 10.6 Å². The third-order valence-corrected chi connectivity index (χ3v) is 3.29. The Morgan fingerprint density at radius 2 is 1.95 bits per heavy atom. The fraction of sp³-hybridized carbons (Fsp3) is 0.286. The van der Waals surface area contributed by atoms with Gasteiger partial charge in [0.05, 0.1) is 25.5 Å². The molecule has 1 aromatic heterocycles. The number of ether oxygens (including phenoxy) is 1. The van der Waals surface area contributed by atoms with Crippen LogP contribution in [0, 0.1) is 0 Å². The van der Waals surface area contributed by atoms with Crippen LogP contribution in [0.3, 0.4) is 0 Å². The lowest BCUT2D eigenvalue weighted by Crippen LogP contribution is -2.26. The molecule has 2 aromatic rings. The summed E-state index contributed by atoms with van der Waals surface area (Å²) in [7, 11) is 5.24. The zero-order valence-electron chi connectivity index (χ0n) is 11.6. The lowest BCUT2D eigenvalue weighted by molar-refractivity contribution is 0.414. The van der Waals surface area contributed by atoms with Crippen LogP contribution in [0.5, 0.6) is 5.75 Å². The predicted octanol–water partition coefficient (Wildman–Crippen LogP) is 2.02. The second kappa shape index (κ2) is 5.96. The summed E-state index contributed by atoms with van der Waals surface area (Å²) in [6.07, 6.45) is 1.59. The molecule has 0 aliphatic heterocycles. The second-order valence-corrected chi connectivity index (χ2v) is 4.93. The van der Waals surface area contributed by atoms with Crippen LogP contribution in [0.2, 0.25) is 5.02 Å². The molecule has 6 heteroatoms. The minimum absolute atomic E-state index is 0.179. The summed E-state index contributed by atoms with van der Waals surface area (Å²) < 4.78 is 6.44. The first-order valence-electron chi connectivity index (χ1n) is 6.09. The molecule has 0 saturated heterocycles. The largest absolute Gasteiger partial charge is 0.497 e. The van der Waals surface area contributed by atoms with Crippen molar-refractivity contribution >= 4 is 17.3 Å². The van der Waals surface area contributed by atoms with Crippen LogP contribution in [0.1, 0.15) is 5.56 Å². The summed E-state index contributed by atoms with van der Waals surface area (Å²) in [5.74, 6) is 0.773. The van der Waals surface area contributed by atoms with Gasteiger partial charge in [-0.15, -0.1) is 0 Å². The number of rotatable bonds is 4. The number of aromatic nitrogens is 2. The summed E-state index contributed by atoms with van der Waals surface area (Å²) in [5.41, 5.74) is 1.27. The summed E-state index contributed by atoms with van der Waals surface area (Å²) in [4.78, 5) is 13.9. The van der Waals surface area contributed by atoms with Gasteiger partial charge in [0.25, 0.3) is 5.56 Å². The first kappa shape index (κ1) is 14.4. The van der Waals surface area contributed by atoms with Gasteiger partial charge in [0.1, 0.15) is 10.8 Å². The number of halogens is 1. The Morgan fingerprint density at radius 3 is 2.50 bits per heavy atom. The molecule has 5 nitrogen and oxygen atoms in total. The van der Waals surface area contributed by atoms with Crippen LogP contribution in [0.4, 0.5) is 5.69 Å². The van der Waals surface area contributed by atoms with Gasteiger partial charge in [-0.3, -0.25) is 4.79 Å². The highest BCUT2D eigenvalue weighted by atomic mass is 35.5. The maximum absolute atomic E-state index is 12.1. The molecule has 1 heterocycles. The van der Waals surface area contributed by atoms with Crippen molar-refractivity contribution in [2.24, 2.45) is 0 Å². The van der Waals surface area contributed by atoms with Crippen LogP contribution in [-0.2, 0) is 6.54 Å². The van der Waals surface area contributed by atoms with E-state index in [1.54, 1.807) is 18.2 Å². The van der Waals surface area contributed by atoms with E-state index in [9.17, 15) is 4.79 Å². The number of hydrogen-bond donors (Lipinski definition) is 0. The average molecular weight is 294 g/mol. The van der Waals surface area contributed by atoms with Gasteiger partial charge >= 0.3 is 0 Å². The van der Waals surface area contributed by atoms with E-state index < -0.39 is 0 Å². The minimum atomic E-state index is -0.298. The molecule has 20 heavy (non-hydrogen) atoms. The van der Waals surface area contributed by atoms with E-state index in [0.29, 0.717) is 12.2 Å². The number of benzene rings is 1. The first-order valence-corrected chi connectivity index (χ1v) is 6.46. The minimum Gasteiger partial charge on any atom is -0.497 e. The smallest absolute Gasteiger partial charge is 0.287 e. The van der Waals surface area contributed by atoms with Crippen molar-refractivity contribution in [3.63, 3.8) is 0 Å². The number of hydrogen-bond acceptors (Lipinski definition) is 4. The van der Waals surface area contributed by atoms with E-state index in [2.05, 4.69) is 5.10 Å². The third-order valence-electron chi connectivity index (χ3n) is 2.94. The normalized spacial score (nSPS) is 10.4. The molecule has 0 N–H and O–H groups in total. The first-order chi connectivity index (χ1) is 9.52. The van der Waals surface area contributed by atoms with Crippen LogP contribution in [0.25, 0.3) is 0 Å². The molecule has 106 valence electrons. The van der Waals surface area contributed by atoms with Crippen LogP contribution in [0.15, 0.2) is 35.3 Å². The molecule has 0 unspecified atom stereocenters. The van der Waals surface area contributed by atoms with Gasteiger partial charge in [0, 0.05) is 14.1 Å². The number of nitrogens with zero attached hydrogens (tertiary/aromatic N) is 3. The van der Waals surface area contributed by atoms with Gasteiger partial charge < -0.3 is 9.64 Å². The van der Waals surface area contributed by atoms with E-state index in [0.717, 1.165) is 11.3 Å². The van der Waals surface area contributed by atoms with E-state index in [1.807, 2.05) is 38.4 Å². The molecule has 0 bridgehead atoms. The Hall–Kier alpha value is -2.01. The van der Waals surface area contributed by atoms with Gasteiger partial charge in [0.2, 0.25) is 0 Å². The van der Waals surface area contributed by atoms with Crippen LogP contribution in [-0.4, -0.2) is 31.0 Å². The molecule has 0 radical (unpaired) electrons. The maximum Gasteiger partial charge on any atom is 0.287 e. The molecule has 0 saturated carbocycles. The number of methoxy groups -OCH3 is 1. The standard InChI is InChI=1S/C14H16ClN3O2/c1-17(2)12-8-16-18(14(19)13(12)15)9-10-4-6-11(20-3)7-5-10/h4-8H,9H2,1-3H3. The molecule has 0 spiro atoms. The zero-order chi connectivity index (χ0) is 14.7. The Labute approximate surface area is 122 Å². The summed E-state index contributed by atoms with van der Waals surface area (Å²) in [5, 5.41) is 4.32. The number of anilines is 1. The Kier molecular flexibility index (Phi) is 4.29. The molecule has 0 aliphatic carbocycles. The molecular formula is C14H16ClN3O2. The fourth-order valence-electron chi connectivity index (χ4n) is 1.78. The van der Waals surface area contributed by atoms with Crippen LogP contribution < -0.4 is 15.2 Å². The molecular weight excluding hydrogens is 278 g/mol. The SMILES string of the molecule is COc1ccc(Cn2ncc(N(C)C)c(Cl)c2=O)cc1. The van der Waals surface area contributed by atoms with Crippen LogP contribution >= 0.6 is 11.6 Å². The highest BCUT2D eigenvalue weighted by Gasteiger charge is 2.10. The van der Waals surface area contributed by atoms with Crippen molar-refractivity contribution in [1.82, 2.24) is 9.78 Å². The van der Waals surface area contributed by atoms with Gasteiger partial charge in [0.15, 0.2) is 0 Å².